The molecule has 4 heterocycles. The smallest absolute Gasteiger partial charge is 0.432 e. The molecule has 1 aromatic carbocycles. The molecule has 2 bridgehead atoms. The van der Waals surface area contributed by atoms with E-state index < -0.39 is 0 Å². The Bertz CT molecular complexity index is 1060. The number of ether oxygens (including phenoxy) is 1. The van der Waals surface area contributed by atoms with Crippen molar-refractivity contribution in [1.29, 1.82) is 0 Å². The molecule has 4 fully saturated rings. The molecule has 7 heteroatoms. The number of nitrogens with zero attached hydrogens (tertiary/aromatic N) is 4. The third-order valence-corrected chi connectivity index (χ3v) is 10.0. The molecule has 3 atom stereocenters. The topological polar surface area (TPSA) is 43.3 Å². The molecule has 3 saturated heterocycles. The summed E-state index contributed by atoms with van der Waals surface area (Å²) >= 11 is 0. The molecule has 214 valence electrons. The van der Waals surface area contributed by atoms with Crippen LogP contribution in [0.5, 0.6) is 0 Å². The number of aryl methyl sites for hydroxylation is 1. The van der Waals surface area contributed by atoms with Crippen molar-refractivity contribution in [2.75, 3.05) is 51.3 Å². The monoisotopic (exact) mass is 570 g/mol. The third-order valence-electron chi connectivity index (χ3n) is 10.0. The van der Waals surface area contributed by atoms with Crippen molar-refractivity contribution in [3.05, 3.63) is 47.7 Å². The molecule has 1 N–H and O–H groups in total. The first-order chi connectivity index (χ1) is 19.1. The Morgan fingerprint density at radius 3 is 2.58 bits per heavy atom. The molecule has 1 aliphatic carbocycles. The number of fused-ring (bicyclic) bond motifs is 2. The van der Waals surface area contributed by atoms with Crippen LogP contribution in [-0.4, -0.2) is 79.6 Å². The maximum Gasteiger partial charge on any atom is 1.00 e. The fourth-order valence-corrected chi connectivity index (χ4v) is 7.74. The second kappa shape index (κ2) is 13.9. The summed E-state index contributed by atoms with van der Waals surface area (Å²) in [6.07, 6.45) is 16.0. The Balaban J connectivity index is 0.00000323. The van der Waals surface area contributed by atoms with Crippen LogP contribution in [0.2, 0.25) is 0 Å². The second-order valence-corrected chi connectivity index (χ2v) is 12.7. The van der Waals surface area contributed by atoms with Crippen LogP contribution < -0.4 is 61.6 Å². The predicted octanol–water partition coefficient (Wildman–Crippen LogP) is 2.31. The van der Waals surface area contributed by atoms with Gasteiger partial charge in [-0.2, -0.15) is 5.57 Å². The summed E-state index contributed by atoms with van der Waals surface area (Å²) in [6.45, 7) is 12.2. The number of hydrogen-bond donors (Lipinski definition) is 1. The Kier molecular flexibility index (Phi) is 10.8. The van der Waals surface area contributed by atoms with E-state index in [1.807, 2.05) is 0 Å². The van der Waals surface area contributed by atoms with Crippen LogP contribution in [0.15, 0.2) is 28.8 Å². The van der Waals surface area contributed by atoms with E-state index in [0.29, 0.717) is 12.1 Å². The van der Waals surface area contributed by atoms with Gasteiger partial charge in [-0.3, -0.25) is 4.90 Å². The van der Waals surface area contributed by atoms with Crippen LogP contribution >= 0.6 is 0 Å². The minimum Gasteiger partial charge on any atom is -0.432 e. The Morgan fingerprint density at radius 1 is 1.15 bits per heavy atom. The van der Waals surface area contributed by atoms with Gasteiger partial charge in [0.1, 0.15) is 0 Å². The Labute approximate surface area is 285 Å². The van der Waals surface area contributed by atoms with Gasteiger partial charge in [0.2, 0.25) is 0 Å². The summed E-state index contributed by atoms with van der Waals surface area (Å²) < 4.78 is 6.24. The number of likely N-dealkylation sites (N-methyl/N-ethyl adjacent to an activating group) is 1. The number of anilines is 1. The molecule has 0 radical (unpaired) electrons. The summed E-state index contributed by atoms with van der Waals surface area (Å²) in [7, 11) is 2.26. The normalized spacial score (nSPS) is 29.0. The van der Waals surface area contributed by atoms with E-state index in [-0.39, 0.29) is 56.9 Å². The zero-order valence-electron chi connectivity index (χ0n) is 25.6. The van der Waals surface area contributed by atoms with Crippen LogP contribution in [0.1, 0.15) is 88.7 Å². The van der Waals surface area contributed by atoms with Gasteiger partial charge < -0.3 is 24.8 Å². The molecule has 0 aromatic heterocycles. The summed E-state index contributed by atoms with van der Waals surface area (Å²) in [5.74, 6) is 1.86. The molecule has 3 unspecified atom stereocenters. The Morgan fingerprint density at radius 2 is 1.95 bits per heavy atom. The van der Waals surface area contributed by atoms with E-state index in [0.717, 1.165) is 57.4 Å². The van der Waals surface area contributed by atoms with Gasteiger partial charge in [-0.1, -0.05) is 32.4 Å². The Hall–Kier alpha value is -0.384. The first kappa shape index (κ1) is 31.1. The molecule has 0 amide bonds. The maximum atomic E-state index is 6.24. The van der Waals surface area contributed by atoms with Crippen LogP contribution in [0, 0.1) is 12.8 Å². The van der Waals surface area contributed by atoms with Gasteiger partial charge in [-0.15, -0.1) is 0 Å². The number of rotatable bonds is 10. The van der Waals surface area contributed by atoms with Crippen LogP contribution in [0.25, 0.3) is 0 Å². The SMILES string of the molecule is CCCC1(CO[CH-]/N=C(\C2=[C-]CN(c3cccc(CC)c3C3CC3)CC2)N2CC3CCC(C2)N3)CCCN1C.[K+]. The molecule has 5 aliphatic rings. The fourth-order valence-electron chi connectivity index (χ4n) is 7.74. The number of benzene rings is 1. The van der Waals surface area contributed by atoms with E-state index in [2.05, 4.69) is 65.2 Å². The molecule has 40 heavy (non-hydrogen) atoms. The fraction of sp³-hybridized carbons (Fsp3) is 0.697. The summed E-state index contributed by atoms with van der Waals surface area (Å²) in [4.78, 5) is 12.6. The molecule has 6 nitrogen and oxygen atoms in total. The van der Waals surface area contributed by atoms with Crippen LogP contribution in [0.3, 0.4) is 0 Å². The maximum absolute atomic E-state index is 6.24. The summed E-state index contributed by atoms with van der Waals surface area (Å²) in [5, 5.41) is 3.79. The zero-order chi connectivity index (χ0) is 26.8. The van der Waals surface area contributed by atoms with E-state index in [4.69, 9.17) is 9.73 Å². The second-order valence-electron chi connectivity index (χ2n) is 12.7. The minimum absolute atomic E-state index is 0. The van der Waals surface area contributed by atoms with Gasteiger partial charge in [0.15, 0.2) is 0 Å². The van der Waals surface area contributed by atoms with Gasteiger partial charge in [0.25, 0.3) is 0 Å². The van der Waals surface area contributed by atoms with Crippen LogP contribution in [0.4, 0.5) is 5.69 Å². The van der Waals surface area contributed by atoms with E-state index in [1.165, 1.54) is 74.7 Å². The average molecular weight is 571 g/mol. The zero-order valence-corrected chi connectivity index (χ0v) is 28.7. The largest absolute Gasteiger partial charge is 1.00 e. The quantitative estimate of drug-likeness (QED) is 0.154. The molecule has 1 saturated carbocycles. The molecular weight excluding hydrogens is 521 g/mol. The number of aliphatic imine (C=N–C) groups is 1. The third kappa shape index (κ3) is 6.72. The van der Waals surface area contributed by atoms with E-state index in [9.17, 15) is 0 Å². The number of nitrogens with one attached hydrogen (secondary N) is 1. The van der Waals surface area contributed by atoms with E-state index >= 15 is 0 Å². The van der Waals surface area contributed by atoms with Crippen molar-refractivity contribution in [3.63, 3.8) is 0 Å². The number of piperazine rings is 1. The van der Waals surface area contributed by atoms with Crippen molar-refractivity contribution >= 4 is 11.5 Å². The first-order valence-electron chi connectivity index (χ1n) is 15.8. The number of amidine groups is 1. The summed E-state index contributed by atoms with van der Waals surface area (Å²) in [6, 6.07) is 8.08. The minimum atomic E-state index is 0. The van der Waals surface area contributed by atoms with Crippen molar-refractivity contribution in [3.8, 4) is 0 Å². The standard InChI is InChI=1S/C33H49N5O.K/c1-4-16-33(17-7-18-36(33)3)23-39-24-34-32(38-21-28-12-13-29(22-38)35-28)27-14-19-37(20-15-27)30-9-6-8-25(5-2)31(30)26-10-11-26;/h6,8-9,24,26,28-29,35H,4-5,7,10-14,16-23H2,1-3H3;/q-2;+1/b34-32+;. The van der Waals surface area contributed by atoms with Crippen molar-refractivity contribution in [2.45, 2.75) is 102 Å². The van der Waals surface area contributed by atoms with Crippen molar-refractivity contribution in [2.24, 2.45) is 4.99 Å². The van der Waals surface area contributed by atoms with Gasteiger partial charge in [-0.05, 0) is 114 Å². The van der Waals surface area contributed by atoms with Gasteiger partial charge in [0, 0.05) is 42.9 Å². The first-order valence-corrected chi connectivity index (χ1v) is 15.8. The van der Waals surface area contributed by atoms with Gasteiger partial charge in [-0.25, -0.2) is 6.08 Å². The molecule has 1 aromatic rings. The van der Waals surface area contributed by atoms with Gasteiger partial charge >= 0.3 is 51.4 Å². The number of hydrogen-bond acceptors (Lipinski definition) is 5. The summed E-state index contributed by atoms with van der Waals surface area (Å²) in [5.41, 5.74) is 6.02. The van der Waals surface area contributed by atoms with Crippen molar-refractivity contribution < 1.29 is 56.1 Å². The molecule has 0 spiro atoms. The molecular formula is C33H49KN5O-. The average Bonchev–Trinajstić information content (AvgIpc) is 3.67. The number of likely N-dealkylation sites (tertiary alicyclic amines) is 2. The van der Waals surface area contributed by atoms with Crippen LogP contribution in [-0.2, 0) is 11.2 Å². The molecule has 6 rings (SSSR count). The van der Waals surface area contributed by atoms with Gasteiger partial charge in [0.05, 0.1) is 6.61 Å². The molecule has 4 aliphatic heterocycles. The van der Waals surface area contributed by atoms with Crippen molar-refractivity contribution in [1.82, 2.24) is 15.1 Å². The van der Waals surface area contributed by atoms with E-state index in [1.54, 1.807) is 12.3 Å². The predicted molar refractivity (Wildman–Crippen MR) is 160 cm³/mol.